The highest BCUT2D eigenvalue weighted by Crippen LogP contribution is 2.25. The standard InChI is InChI=1S/C11H14BrNO/c12-9-5-4-8(11(13)6-9)7-14-10-2-1-3-10/h4-6,10H,1-3,7,13H2. The second-order valence-electron chi connectivity index (χ2n) is 3.71. The molecule has 1 saturated carbocycles. The molecule has 0 aromatic heterocycles. The summed E-state index contributed by atoms with van der Waals surface area (Å²) in [5.41, 5.74) is 7.74. The third kappa shape index (κ3) is 2.28. The summed E-state index contributed by atoms with van der Waals surface area (Å²) in [6.45, 7) is 0.643. The first-order valence-corrected chi connectivity index (χ1v) is 5.70. The first-order chi connectivity index (χ1) is 6.75. The van der Waals surface area contributed by atoms with Crippen molar-refractivity contribution in [2.75, 3.05) is 5.73 Å². The second kappa shape index (κ2) is 4.32. The summed E-state index contributed by atoms with van der Waals surface area (Å²) < 4.78 is 6.71. The molecule has 1 aromatic rings. The lowest BCUT2D eigenvalue weighted by atomic mass is 9.96. The van der Waals surface area contributed by atoms with Gasteiger partial charge < -0.3 is 10.5 Å². The Morgan fingerprint density at radius 2 is 2.21 bits per heavy atom. The normalized spacial score (nSPS) is 16.6. The van der Waals surface area contributed by atoms with Crippen LogP contribution in [0.1, 0.15) is 24.8 Å². The zero-order valence-electron chi connectivity index (χ0n) is 8.00. The fourth-order valence-electron chi connectivity index (χ4n) is 1.44. The van der Waals surface area contributed by atoms with Gasteiger partial charge in [-0.15, -0.1) is 0 Å². The highest BCUT2D eigenvalue weighted by Gasteiger charge is 2.17. The van der Waals surface area contributed by atoms with Crippen LogP contribution in [0.3, 0.4) is 0 Å². The van der Waals surface area contributed by atoms with E-state index < -0.39 is 0 Å². The summed E-state index contributed by atoms with van der Waals surface area (Å²) >= 11 is 3.38. The molecule has 0 atom stereocenters. The Bertz CT molecular complexity index is 323. The quantitative estimate of drug-likeness (QED) is 0.843. The van der Waals surface area contributed by atoms with Gasteiger partial charge in [0.25, 0.3) is 0 Å². The SMILES string of the molecule is Nc1cc(Br)ccc1COC1CCC1. The molecule has 1 aliphatic carbocycles. The minimum absolute atomic E-state index is 0.470. The number of ether oxygens (including phenoxy) is 1. The highest BCUT2D eigenvalue weighted by atomic mass is 79.9. The van der Waals surface area contributed by atoms with Gasteiger partial charge >= 0.3 is 0 Å². The van der Waals surface area contributed by atoms with Crippen LogP contribution in [0.25, 0.3) is 0 Å². The molecule has 0 radical (unpaired) electrons. The number of halogens is 1. The number of hydrogen-bond acceptors (Lipinski definition) is 2. The van der Waals surface area contributed by atoms with Gasteiger partial charge in [-0.25, -0.2) is 0 Å². The zero-order valence-corrected chi connectivity index (χ0v) is 9.59. The molecule has 0 spiro atoms. The van der Waals surface area contributed by atoms with E-state index >= 15 is 0 Å². The molecular formula is C11H14BrNO. The summed E-state index contributed by atoms with van der Waals surface area (Å²) in [6.07, 6.45) is 4.19. The van der Waals surface area contributed by atoms with E-state index in [1.165, 1.54) is 19.3 Å². The number of nitrogens with two attached hydrogens (primary N) is 1. The first kappa shape index (κ1) is 9.99. The van der Waals surface area contributed by atoms with Gasteiger partial charge in [-0.2, -0.15) is 0 Å². The molecule has 1 aromatic carbocycles. The molecule has 0 bridgehead atoms. The van der Waals surface area contributed by atoms with E-state index in [2.05, 4.69) is 15.9 Å². The van der Waals surface area contributed by atoms with E-state index in [9.17, 15) is 0 Å². The van der Waals surface area contributed by atoms with Crippen molar-refractivity contribution in [3.8, 4) is 0 Å². The van der Waals surface area contributed by atoms with Crippen LogP contribution < -0.4 is 5.73 Å². The Kier molecular flexibility index (Phi) is 3.08. The maximum Gasteiger partial charge on any atom is 0.0740 e. The topological polar surface area (TPSA) is 35.2 Å². The molecule has 0 aliphatic heterocycles. The molecule has 0 saturated heterocycles. The Hall–Kier alpha value is -0.540. The number of anilines is 1. The minimum Gasteiger partial charge on any atom is -0.398 e. The number of benzene rings is 1. The second-order valence-corrected chi connectivity index (χ2v) is 4.62. The summed E-state index contributed by atoms with van der Waals surface area (Å²) in [4.78, 5) is 0. The Morgan fingerprint density at radius 3 is 2.79 bits per heavy atom. The number of rotatable bonds is 3. The monoisotopic (exact) mass is 255 g/mol. The van der Waals surface area contributed by atoms with Crippen LogP contribution in [-0.4, -0.2) is 6.10 Å². The molecule has 14 heavy (non-hydrogen) atoms. The van der Waals surface area contributed by atoms with Crippen molar-refractivity contribution in [3.05, 3.63) is 28.2 Å². The molecule has 2 rings (SSSR count). The number of nitrogen functional groups attached to an aromatic ring is 1. The maximum atomic E-state index is 5.86. The minimum atomic E-state index is 0.470. The van der Waals surface area contributed by atoms with Gasteiger partial charge in [0.1, 0.15) is 0 Å². The van der Waals surface area contributed by atoms with Crippen LogP contribution in [0.2, 0.25) is 0 Å². The third-order valence-corrected chi connectivity index (χ3v) is 3.13. The summed E-state index contributed by atoms with van der Waals surface area (Å²) in [5, 5.41) is 0. The van der Waals surface area contributed by atoms with Crippen molar-refractivity contribution in [2.45, 2.75) is 32.0 Å². The van der Waals surface area contributed by atoms with E-state index in [4.69, 9.17) is 10.5 Å². The average Bonchev–Trinajstić information content (AvgIpc) is 2.05. The van der Waals surface area contributed by atoms with Crippen LogP contribution in [0.15, 0.2) is 22.7 Å². The van der Waals surface area contributed by atoms with Crippen molar-refractivity contribution in [2.24, 2.45) is 0 Å². The van der Waals surface area contributed by atoms with Gasteiger partial charge in [0.2, 0.25) is 0 Å². The smallest absolute Gasteiger partial charge is 0.0740 e. The van der Waals surface area contributed by atoms with Gasteiger partial charge in [0, 0.05) is 15.7 Å². The zero-order chi connectivity index (χ0) is 9.97. The average molecular weight is 256 g/mol. The summed E-state index contributed by atoms with van der Waals surface area (Å²) in [7, 11) is 0. The fourth-order valence-corrected chi connectivity index (χ4v) is 1.82. The van der Waals surface area contributed by atoms with Crippen LogP contribution in [0, 0.1) is 0 Å². The summed E-state index contributed by atoms with van der Waals surface area (Å²) in [6, 6.07) is 5.92. The lowest BCUT2D eigenvalue weighted by Crippen LogP contribution is -2.21. The maximum absolute atomic E-state index is 5.86. The number of hydrogen-bond donors (Lipinski definition) is 1. The predicted octanol–water partition coefficient (Wildman–Crippen LogP) is 3.10. The van der Waals surface area contributed by atoms with Gasteiger partial charge in [-0.05, 0) is 31.4 Å². The molecule has 3 heteroatoms. The summed E-state index contributed by atoms with van der Waals surface area (Å²) in [5.74, 6) is 0. The first-order valence-electron chi connectivity index (χ1n) is 4.91. The van der Waals surface area contributed by atoms with E-state index in [0.29, 0.717) is 12.7 Å². The van der Waals surface area contributed by atoms with Crippen LogP contribution >= 0.6 is 15.9 Å². The van der Waals surface area contributed by atoms with E-state index in [0.717, 1.165) is 15.7 Å². The van der Waals surface area contributed by atoms with Crippen LogP contribution in [0.4, 0.5) is 5.69 Å². The molecule has 1 fully saturated rings. The van der Waals surface area contributed by atoms with Gasteiger partial charge in [-0.3, -0.25) is 0 Å². The van der Waals surface area contributed by atoms with E-state index in [1.54, 1.807) is 0 Å². The van der Waals surface area contributed by atoms with Crippen molar-refractivity contribution < 1.29 is 4.74 Å². The predicted molar refractivity (Wildman–Crippen MR) is 61.0 cm³/mol. The van der Waals surface area contributed by atoms with E-state index in [-0.39, 0.29) is 0 Å². The Morgan fingerprint density at radius 1 is 1.43 bits per heavy atom. The molecule has 76 valence electrons. The Labute approximate surface area is 92.6 Å². The van der Waals surface area contributed by atoms with Crippen molar-refractivity contribution in [3.63, 3.8) is 0 Å². The van der Waals surface area contributed by atoms with Crippen LogP contribution in [0.5, 0.6) is 0 Å². The highest BCUT2D eigenvalue weighted by molar-refractivity contribution is 9.10. The third-order valence-electron chi connectivity index (χ3n) is 2.63. The van der Waals surface area contributed by atoms with Crippen LogP contribution in [-0.2, 0) is 11.3 Å². The Balaban J connectivity index is 1.94. The largest absolute Gasteiger partial charge is 0.398 e. The van der Waals surface area contributed by atoms with Gasteiger partial charge in [0.15, 0.2) is 0 Å². The van der Waals surface area contributed by atoms with Crippen molar-refractivity contribution in [1.29, 1.82) is 0 Å². The van der Waals surface area contributed by atoms with Crippen molar-refractivity contribution in [1.82, 2.24) is 0 Å². The lowest BCUT2D eigenvalue weighted by molar-refractivity contribution is -0.00841. The molecular weight excluding hydrogens is 242 g/mol. The molecule has 0 amide bonds. The molecule has 0 unspecified atom stereocenters. The lowest BCUT2D eigenvalue weighted by Gasteiger charge is -2.25. The molecule has 2 N–H and O–H groups in total. The van der Waals surface area contributed by atoms with Gasteiger partial charge in [0.05, 0.1) is 12.7 Å². The molecule has 0 heterocycles. The van der Waals surface area contributed by atoms with Gasteiger partial charge in [-0.1, -0.05) is 22.0 Å². The fraction of sp³-hybridized carbons (Fsp3) is 0.455. The van der Waals surface area contributed by atoms with Crippen molar-refractivity contribution >= 4 is 21.6 Å². The molecule has 1 aliphatic rings. The van der Waals surface area contributed by atoms with E-state index in [1.807, 2.05) is 18.2 Å². The molecule has 2 nitrogen and oxygen atoms in total.